The molecule has 1 aromatic carbocycles. The topological polar surface area (TPSA) is 110 Å². The van der Waals surface area contributed by atoms with Gasteiger partial charge >= 0.3 is 5.69 Å². The van der Waals surface area contributed by atoms with Gasteiger partial charge in [0.25, 0.3) is 5.91 Å². The van der Waals surface area contributed by atoms with E-state index >= 15 is 0 Å². The zero-order chi connectivity index (χ0) is 22.6. The second-order valence-electron chi connectivity index (χ2n) is 7.03. The molecule has 0 bridgehead atoms. The number of nitro benzene ring substituents is 1. The van der Waals surface area contributed by atoms with Crippen molar-refractivity contribution in [2.45, 2.75) is 37.6 Å². The molecule has 9 nitrogen and oxygen atoms in total. The van der Waals surface area contributed by atoms with E-state index in [0.29, 0.717) is 6.54 Å². The molecule has 2 aromatic rings. The van der Waals surface area contributed by atoms with Gasteiger partial charge in [-0.25, -0.2) is 8.42 Å². The van der Waals surface area contributed by atoms with Crippen molar-refractivity contribution >= 4 is 33.0 Å². The molecule has 1 aliphatic rings. The molecule has 1 unspecified atom stereocenters. The number of nitrogens with zero attached hydrogens (tertiary/aromatic N) is 3. The Balaban J connectivity index is 1.77. The van der Waals surface area contributed by atoms with Gasteiger partial charge < -0.3 is 9.64 Å². The van der Waals surface area contributed by atoms with Gasteiger partial charge in [0.15, 0.2) is 12.4 Å². The van der Waals surface area contributed by atoms with E-state index in [2.05, 4.69) is 0 Å². The van der Waals surface area contributed by atoms with E-state index in [9.17, 15) is 23.3 Å². The summed E-state index contributed by atoms with van der Waals surface area (Å²) in [5.74, 6) is -0.395. The monoisotopic (exact) mass is 467 g/mol. The van der Waals surface area contributed by atoms with Crippen LogP contribution in [0.15, 0.2) is 40.6 Å². The minimum atomic E-state index is -3.85. The molecule has 0 spiro atoms. The maximum Gasteiger partial charge on any atom is 0.312 e. The number of thiophene rings is 1. The van der Waals surface area contributed by atoms with Crippen LogP contribution in [0.2, 0.25) is 0 Å². The summed E-state index contributed by atoms with van der Waals surface area (Å²) in [6, 6.07) is 7.41. The summed E-state index contributed by atoms with van der Waals surface area (Å²) in [5.41, 5.74) is -0.489. The average Bonchev–Trinajstić information content (AvgIpc) is 3.44. The van der Waals surface area contributed by atoms with Gasteiger partial charge in [-0.15, -0.1) is 11.3 Å². The summed E-state index contributed by atoms with van der Waals surface area (Å²) in [7, 11) is -3.85. The zero-order valence-corrected chi connectivity index (χ0v) is 19.0. The predicted octanol–water partition coefficient (Wildman–Crippen LogP) is 3.43. The Labute approximate surface area is 185 Å². The lowest BCUT2D eigenvalue weighted by molar-refractivity contribution is -0.386. The minimum absolute atomic E-state index is 0.00678. The number of rotatable bonds is 9. The Morgan fingerprint density at radius 2 is 2.06 bits per heavy atom. The smallest absolute Gasteiger partial charge is 0.312 e. The Hall–Kier alpha value is -2.50. The van der Waals surface area contributed by atoms with Crippen molar-refractivity contribution in [2.24, 2.45) is 0 Å². The molecule has 1 fully saturated rings. The maximum absolute atomic E-state index is 12.7. The van der Waals surface area contributed by atoms with Gasteiger partial charge in [0.1, 0.15) is 0 Å². The molecular weight excluding hydrogens is 442 g/mol. The van der Waals surface area contributed by atoms with E-state index < -0.39 is 20.6 Å². The Morgan fingerprint density at radius 3 is 2.68 bits per heavy atom. The van der Waals surface area contributed by atoms with Gasteiger partial charge in [0.2, 0.25) is 10.0 Å². The largest absolute Gasteiger partial charge is 0.477 e. The van der Waals surface area contributed by atoms with Crippen molar-refractivity contribution in [3.63, 3.8) is 0 Å². The number of sulfonamides is 1. The maximum atomic E-state index is 12.7. The van der Waals surface area contributed by atoms with Crippen LogP contribution in [-0.2, 0) is 14.8 Å². The molecule has 0 radical (unpaired) electrons. The quantitative estimate of drug-likeness (QED) is 0.413. The molecular formula is C20H25N3O6S2. The van der Waals surface area contributed by atoms with E-state index in [0.717, 1.165) is 23.8 Å². The summed E-state index contributed by atoms with van der Waals surface area (Å²) >= 11 is 1.59. The second kappa shape index (κ2) is 9.75. The third-order valence-electron chi connectivity index (χ3n) is 5.27. The summed E-state index contributed by atoms with van der Waals surface area (Å²) < 4.78 is 32.0. The molecule has 1 aliphatic heterocycles. The summed E-state index contributed by atoms with van der Waals surface area (Å²) in [6.45, 7) is 4.14. The van der Waals surface area contributed by atoms with Crippen LogP contribution in [0.1, 0.15) is 37.6 Å². The number of carbonyl (C=O) groups excluding carboxylic acids is 1. The van der Waals surface area contributed by atoms with E-state index in [1.54, 1.807) is 30.1 Å². The number of carbonyl (C=O) groups is 1. The summed E-state index contributed by atoms with van der Waals surface area (Å²) in [5, 5.41) is 13.5. The molecule has 0 saturated carbocycles. The Kier molecular flexibility index (Phi) is 7.29. The molecule has 1 atom stereocenters. The Morgan fingerprint density at radius 1 is 1.32 bits per heavy atom. The predicted molar refractivity (Wildman–Crippen MR) is 117 cm³/mol. The van der Waals surface area contributed by atoms with Crippen LogP contribution >= 0.6 is 11.3 Å². The van der Waals surface area contributed by atoms with E-state index in [4.69, 9.17) is 4.74 Å². The first kappa shape index (κ1) is 23.2. The van der Waals surface area contributed by atoms with Crippen molar-refractivity contribution in [3.8, 4) is 5.75 Å². The molecule has 11 heteroatoms. The summed E-state index contributed by atoms with van der Waals surface area (Å²) in [6.07, 6.45) is 1.75. The molecule has 3 rings (SSSR count). The molecule has 168 valence electrons. The molecule has 1 saturated heterocycles. The van der Waals surface area contributed by atoms with Crippen molar-refractivity contribution in [1.82, 2.24) is 9.21 Å². The Bertz CT molecular complexity index is 1040. The van der Waals surface area contributed by atoms with Crippen LogP contribution < -0.4 is 4.74 Å². The van der Waals surface area contributed by atoms with Gasteiger partial charge in [-0.1, -0.05) is 19.9 Å². The van der Waals surface area contributed by atoms with E-state index in [1.807, 2.05) is 17.5 Å². The fraction of sp³-hybridized carbons (Fsp3) is 0.450. The number of benzene rings is 1. The van der Waals surface area contributed by atoms with Gasteiger partial charge in [-0.05, 0) is 36.4 Å². The highest BCUT2D eigenvalue weighted by Crippen LogP contribution is 2.35. The number of ether oxygens (including phenoxy) is 1. The lowest BCUT2D eigenvalue weighted by Crippen LogP contribution is -2.34. The SMILES string of the molecule is CCN(CC)S(=O)(=O)c1ccc(OCC(=O)N2CCCC2c2cccs2)c([N+](=O)[O-])c1. The van der Waals surface area contributed by atoms with E-state index in [-0.39, 0.29) is 42.3 Å². The highest BCUT2D eigenvalue weighted by atomic mass is 32.2. The van der Waals surface area contributed by atoms with Gasteiger partial charge in [0.05, 0.1) is 15.9 Å². The number of hydrogen-bond acceptors (Lipinski definition) is 7. The first-order chi connectivity index (χ1) is 14.8. The highest BCUT2D eigenvalue weighted by molar-refractivity contribution is 7.89. The first-order valence-electron chi connectivity index (χ1n) is 10.0. The molecule has 2 heterocycles. The third kappa shape index (κ3) is 4.89. The minimum Gasteiger partial charge on any atom is -0.477 e. The summed E-state index contributed by atoms with van der Waals surface area (Å²) in [4.78, 5) is 26.2. The van der Waals surface area contributed by atoms with Crippen molar-refractivity contribution in [2.75, 3.05) is 26.2 Å². The van der Waals surface area contributed by atoms with Gasteiger partial charge in [-0.2, -0.15) is 4.31 Å². The molecule has 1 aromatic heterocycles. The van der Waals surface area contributed by atoms with Crippen LogP contribution in [0.25, 0.3) is 0 Å². The zero-order valence-electron chi connectivity index (χ0n) is 17.4. The van der Waals surface area contributed by atoms with Crippen molar-refractivity contribution in [3.05, 3.63) is 50.7 Å². The van der Waals surface area contributed by atoms with Crippen LogP contribution in [0.5, 0.6) is 5.75 Å². The number of likely N-dealkylation sites (tertiary alicyclic amines) is 1. The fourth-order valence-corrected chi connectivity index (χ4v) is 6.05. The van der Waals surface area contributed by atoms with Crippen LogP contribution in [0.3, 0.4) is 0 Å². The molecule has 0 aliphatic carbocycles. The van der Waals surface area contributed by atoms with E-state index in [1.165, 1.54) is 16.4 Å². The lowest BCUT2D eigenvalue weighted by atomic mass is 10.2. The standard InChI is InChI=1S/C20H25N3O6S2/c1-3-21(4-2)31(27,28)15-9-10-18(17(13-15)23(25)26)29-14-20(24)22-11-5-7-16(22)19-8-6-12-30-19/h6,8-10,12-13,16H,3-5,7,11,14H2,1-2H3. The first-order valence-corrected chi connectivity index (χ1v) is 12.4. The van der Waals surface area contributed by atoms with Crippen LogP contribution in [0.4, 0.5) is 5.69 Å². The van der Waals surface area contributed by atoms with Gasteiger partial charge in [0, 0.05) is 30.6 Å². The number of hydrogen-bond donors (Lipinski definition) is 0. The van der Waals surface area contributed by atoms with Crippen LogP contribution in [0, 0.1) is 10.1 Å². The molecule has 31 heavy (non-hydrogen) atoms. The fourth-order valence-electron chi connectivity index (χ4n) is 3.70. The van der Waals surface area contributed by atoms with Crippen molar-refractivity contribution in [1.29, 1.82) is 0 Å². The third-order valence-corrected chi connectivity index (χ3v) is 8.29. The number of nitro groups is 1. The molecule has 1 amide bonds. The highest BCUT2D eigenvalue weighted by Gasteiger charge is 2.31. The molecule has 0 N–H and O–H groups in total. The normalized spacial score (nSPS) is 16.6. The average molecular weight is 468 g/mol. The van der Waals surface area contributed by atoms with Crippen LogP contribution in [-0.4, -0.2) is 54.7 Å². The lowest BCUT2D eigenvalue weighted by Gasteiger charge is -2.24. The number of amides is 1. The van der Waals surface area contributed by atoms with Crippen molar-refractivity contribution < 1.29 is 22.9 Å². The second-order valence-corrected chi connectivity index (χ2v) is 9.94. The van der Waals surface area contributed by atoms with Gasteiger partial charge in [-0.3, -0.25) is 14.9 Å².